The third-order valence-corrected chi connectivity index (χ3v) is 16.2. The van der Waals surface area contributed by atoms with E-state index in [9.17, 15) is 22.8 Å². The summed E-state index contributed by atoms with van der Waals surface area (Å²) in [6, 6.07) is 30.7. The van der Waals surface area contributed by atoms with Crippen LogP contribution in [0, 0.1) is 5.92 Å². The molecule has 0 radical (unpaired) electrons. The van der Waals surface area contributed by atoms with E-state index >= 15 is 0 Å². The van der Waals surface area contributed by atoms with Crippen molar-refractivity contribution in [3.8, 4) is 0 Å². The van der Waals surface area contributed by atoms with E-state index in [1.165, 1.54) is 22.8 Å². The molecule has 0 saturated carbocycles. The van der Waals surface area contributed by atoms with Crippen LogP contribution in [0.1, 0.15) is 41.6 Å². The number of hydrogen-bond donors (Lipinski definition) is 2. The minimum absolute atomic E-state index is 0.0611. The van der Waals surface area contributed by atoms with Crippen molar-refractivity contribution in [2.75, 3.05) is 114 Å². The van der Waals surface area contributed by atoms with Crippen molar-refractivity contribution in [1.82, 2.24) is 24.3 Å². The fraction of sp³-hybridized carbons (Fsp3) is 0.451. The minimum Gasteiger partial charge on any atom is -0.381 e. The summed E-state index contributed by atoms with van der Waals surface area (Å²) in [6.07, 6.45) is 4.98. The Labute approximate surface area is 416 Å². The molecule has 364 valence electrons. The Bertz CT molecular complexity index is 2280. The number of amides is 2. The van der Waals surface area contributed by atoms with Crippen molar-refractivity contribution in [2.45, 2.75) is 51.9 Å². The van der Waals surface area contributed by atoms with Crippen LogP contribution in [-0.4, -0.2) is 148 Å². The molecular formula is C51H61ClF3N7O3S3. The van der Waals surface area contributed by atoms with Gasteiger partial charge in [-0.15, -0.1) is 11.8 Å². The molecule has 4 aromatic carbocycles. The van der Waals surface area contributed by atoms with Gasteiger partial charge in [-0.05, 0) is 133 Å². The van der Waals surface area contributed by atoms with Gasteiger partial charge in [0.2, 0.25) is 6.41 Å². The van der Waals surface area contributed by atoms with Gasteiger partial charge in [0.1, 0.15) is 0 Å². The number of carbonyl (C=O) groups is 2. The molecule has 2 atom stereocenters. The summed E-state index contributed by atoms with van der Waals surface area (Å²) in [5.74, 6) is 0.943. The van der Waals surface area contributed by atoms with Crippen LogP contribution in [-0.2, 0) is 9.53 Å². The molecule has 3 aliphatic heterocycles. The lowest BCUT2D eigenvalue weighted by atomic mass is 9.80. The van der Waals surface area contributed by atoms with Crippen molar-refractivity contribution in [1.29, 1.82) is 0 Å². The quantitative estimate of drug-likeness (QED) is 0.0536. The van der Waals surface area contributed by atoms with Crippen LogP contribution >= 0.6 is 47.1 Å². The summed E-state index contributed by atoms with van der Waals surface area (Å²) in [7, 11) is 0. The van der Waals surface area contributed by atoms with E-state index in [1.807, 2.05) is 71.6 Å². The number of thioether (sulfide) groups is 2. The van der Waals surface area contributed by atoms with Gasteiger partial charge in [0.15, 0.2) is 0 Å². The summed E-state index contributed by atoms with van der Waals surface area (Å²) >= 11 is 8.83. The lowest BCUT2D eigenvalue weighted by Gasteiger charge is -2.39. The first kappa shape index (κ1) is 50.5. The average Bonchev–Trinajstić information content (AvgIpc) is 3.36. The third-order valence-electron chi connectivity index (χ3n) is 13.2. The van der Waals surface area contributed by atoms with Crippen molar-refractivity contribution in [2.24, 2.45) is 5.92 Å². The van der Waals surface area contributed by atoms with E-state index in [0.717, 1.165) is 145 Å². The zero-order chi connectivity index (χ0) is 47.3. The zero-order valence-corrected chi connectivity index (χ0v) is 41.5. The summed E-state index contributed by atoms with van der Waals surface area (Å²) in [5, 5.41) is 4.20. The van der Waals surface area contributed by atoms with E-state index < -0.39 is 5.51 Å². The fourth-order valence-corrected chi connectivity index (χ4v) is 11.9. The second kappa shape index (κ2) is 24.8. The van der Waals surface area contributed by atoms with Gasteiger partial charge in [-0.25, -0.2) is 0 Å². The summed E-state index contributed by atoms with van der Waals surface area (Å²) in [5.41, 5.74) is 1.66. The normalized spacial score (nSPS) is 19.5. The molecule has 1 aliphatic carbocycles. The lowest BCUT2D eigenvalue weighted by molar-refractivity contribution is -0.119. The number of ether oxygens (including phenoxy) is 1. The lowest BCUT2D eigenvalue weighted by Crippen LogP contribution is -2.48. The van der Waals surface area contributed by atoms with Crippen LogP contribution in [0.3, 0.4) is 0 Å². The number of anilines is 2. The number of allylic oxidation sites excluding steroid dienone is 1. The number of piperazine rings is 2. The minimum atomic E-state index is -4.49. The standard InChI is InChI=1S/C51H61ClF3N7O3S3/c52-42-11-7-39(8-12-42)47-16-6-38(34-59-20-22-61(37-63)23-21-59)32-41(47)35-60-24-26-62(27-25-60)44-13-9-40(10-14-44)50(64)57-68-46-15-17-48(49(33-46)67-51(53,54)55)56-43(18-19-58-28-30-65-31-29-58)36-66-45-4-2-1-3-5-45/h1-5,7-15,17,33,37-38,43,56H,6,16,18-32,34-36H2,(H,57,64). The Morgan fingerprint density at radius 1 is 0.824 bits per heavy atom. The maximum Gasteiger partial charge on any atom is 0.446 e. The summed E-state index contributed by atoms with van der Waals surface area (Å²) in [6.45, 7) is 12.9. The predicted octanol–water partition coefficient (Wildman–Crippen LogP) is 9.83. The van der Waals surface area contributed by atoms with Crippen LogP contribution in [0.5, 0.6) is 0 Å². The first-order chi connectivity index (χ1) is 33.0. The smallest absolute Gasteiger partial charge is 0.381 e. The van der Waals surface area contributed by atoms with Gasteiger partial charge in [-0.3, -0.25) is 29.0 Å². The number of alkyl halides is 3. The maximum atomic E-state index is 14.0. The van der Waals surface area contributed by atoms with Crippen molar-refractivity contribution < 1.29 is 27.5 Å². The van der Waals surface area contributed by atoms with Gasteiger partial charge in [-0.2, -0.15) is 13.2 Å². The Morgan fingerprint density at radius 2 is 1.54 bits per heavy atom. The monoisotopic (exact) mass is 1010 g/mol. The molecule has 10 nitrogen and oxygen atoms in total. The summed E-state index contributed by atoms with van der Waals surface area (Å²) < 4.78 is 50.3. The van der Waals surface area contributed by atoms with Crippen molar-refractivity contribution in [3.63, 3.8) is 0 Å². The molecule has 8 rings (SSSR count). The Kier molecular flexibility index (Phi) is 18.4. The Hall–Kier alpha value is -3.87. The molecule has 0 bridgehead atoms. The first-order valence-electron chi connectivity index (χ1n) is 23.6. The van der Waals surface area contributed by atoms with Crippen LogP contribution < -0.4 is 14.9 Å². The highest BCUT2D eigenvalue weighted by Crippen LogP contribution is 2.43. The van der Waals surface area contributed by atoms with Crippen LogP contribution in [0.15, 0.2) is 117 Å². The first-order valence-corrected chi connectivity index (χ1v) is 26.6. The number of hydrogen-bond acceptors (Lipinski definition) is 11. The number of morpholine rings is 1. The molecule has 2 amide bonds. The predicted molar refractivity (Wildman–Crippen MR) is 273 cm³/mol. The van der Waals surface area contributed by atoms with Gasteiger partial charge in [0.25, 0.3) is 5.91 Å². The maximum absolute atomic E-state index is 14.0. The molecule has 2 unspecified atom stereocenters. The molecule has 68 heavy (non-hydrogen) atoms. The molecule has 3 saturated heterocycles. The highest BCUT2D eigenvalue weighted by molar-refractivity contribution is 8.00. The number of carbonyl (C=O) groups excluding carboxylic acids is 2. The van der Waals surface area contributed by atoms with Gasteiger partial charge < -0.3 is 19.9 Å². The number of rotatable bonds is 19. The Morgan fingerprint density at radius 3 is 2.25 bits per heavy atom. The van der Waals surface area contributed by atoms with Gasteiger partial charge in [0, 0.05) is 134 Å². The second-order valence-electron chi connectivity index (χ2n) is 17.9. The highest BCUT2D eigenvalue weighted by atomic mass is 35.5. The number of halogens is 4. The molecule has 3 heterocycles. The van der Waals surface area contributed by atoms with E-state index in [1.54, 1.807) is 23.9 Å². The largest absolute Gasteiger partial charge is 0.446 e. The number of nitrogens with zero attached hydrogens (tertiary/aromatic N) is 5. The molecule has 0 aromatic heterocycles. The highest BCUT2D eigenvalue weighted by Gasteiger charge is 2.32. The number of nitrogens with one attached hydrogen (secondary N) is 2. The van der Waals surface area contributed by atoms with E-state index in [0.29, 0.717) is 41.0 Å². The molecule has 4 aliphatic rings. The zero-order valence-electron chi connectivity index (χ0n) is 38.3. The van der Waals surface area contributed by atoms with Gasteiger partial charge in [-0.1, -0.05) is 47.5 Å². The van der Waals surface area contributed by atoms with Gasteiger partial charge in [0.05, 0.1) is 13.2 Å². The topological polar surface area (TPSA) is 83.6 Å². The Balaban J connectivity index is 0.850. The molecule has 0 spiro atoms. The van der Waals surface area contributed by atoms with E-state index in [4.69, 9.17) is 16.3 Å². The molecular weight excluding hydrogens is 947 g/mol. The molecule has 3 fully saturated rings. The molecule has 2 N–H and O–H groups in total. The molecule has 4 aromatic rings. The van der Waals surface area contributed by atoms with E-state index in [-0.39, 0.29) is 28.6 Å². The second-order valence-corrected chi connectivity index (χ2v) is 21.4. The SMILES string of the molecule is O=CN1CCN(CC2CCC(c3ccc(Cl)cc3)=C(CN3CCN(c4ccc(C(=O)NSc5ccc(NC(CCN6CCOCC6)CSc6ccccc6)c(SC(F)(F)F)c5)cc4)CC3)C2)CC1. The third kappa shape index (κ3) is 15.1. The van der Waals surface area contributed by atoms with Crippen LogP contribution in [0.4, 0.5) is 24.5 Å². The number of benzene rings is 4. The average molecular weight is 1010 g/mol. The van der Waals surface area contributed by atoms with Gasteiger partial charge >= 0.3 is 5.51 Å². The van der Waals surface area contributed by atoms with Crippen LogP contribution in [0.2, 0.25) is 5.02 Å². The van der Waals surface area contributed by atoms with Crippen molar-refractivity contribution >= 4 is 76.3 Å². The van der Waals surface area contributed by atoms with E-state index in [2.05, 4.69) is 41.8 Å². The van der Waals surface area contributed by atoms with Crippen molar-refractivity contribution in [3.05, 3.63) is 119 Å². The summed E-state index contributed by atoms with van der Waals surface area (Å²) in [4.78, 5) is 37.9. The molecule has 17 heteroatoms. The van der Waals surface area contributed by atoms with Crippen LogP contribution in [0.25, 0.3) is 5.57 Å². The fourth-order valence-electron chi connectivity index (χ4n) is 9.44.